The molecule has 7 nitrogen and oxygen atoms in total. The highest BCUT2D eigenvalue weighted by Crippen LogP contribution is 2.50. The van der Waals surface area contributed by atoms with Crippen molar-refractivity contribution in [1.29, 1.82) is 0 Å². The van der Waals surface area contributed by atoms with E-state index < -0.39 is 0 Å². The van der Waals surface area contributed by atoms with Gasteiger partial charge in [-0.2, -0.15) is 0 Å². The largest absolute Gasteiger partial charge is 0.493 e. The molecule has 7 heteroatoms. The molecule has 3 fully saturated rings. The van der Waals surface area contributed by atoms with Crippen molar-refractivity contribution in [2.75, 3.05) is 59.3 Å². The predicted molar refractivity (Wildman–Crippen MR) is 152 cm³/mol. The number of pyridine rings is 1. The minimum atomic E-state index is 0.474. The maximum Gasteiger partial charge on any atom is 0.163 e. The van der Waals surface area contributed by atoms with E-state index in [4.69, 9.17) is 18.9 Å². The first-order chi connectivity index (χ1) is 18.4. The van der Waals surface area contributed by atoms with Crippen LogP contribution >= 0.6 is 0 Å². The van der Waals surface area contributed by atoms with Gasteiger partial charge in [-0.25, -0.2) is 4.98 Å². The fourth-order valence-electron chi connectivity index (χ4n) is 6.57. The Labute approximate surface area is 226 Å². The van der Waals surface area contributed by atoms with Crippen molar-refractivity contribution in [3.63, 3.8) is 0 Å². The van der Waals surface area contributed by atoms with Crippen LogP contribution in [0.15, 0.2) is 34.7 Å². The van der Waals surface area contributed by atoms with Crippen molar-refractivity contribution in [2.24, 2.45) is 11.3 Å². The summed E-state index contributed by atoms with van der Waals surface area (Å²) in [6, 6.07) is 10.8. The molecule has 2 saturated heterocycles. The van der Waals surface area contributed by atoms with Gasteiger partial charge in [0.25, 0.3) is 0 Å². The molecule has 2 aromatic heterocycles. The van der Waals surface area contributed by atoms with Gasteiger partial charge in [0.1, 0.15) is 11.5 Å². The number of hydrogen-bond acceptors (Lipinski definition) is 7. The molecule has 0 unspecified atom stereocenters. The van der Waals surface area contributed by atoms with Gasteiger partial charge >= 0.3 is 0 Å². The number of nitrogens with one attached hydrogen (secondary N) is 1. The van der Waals surface area contributed by atoms with Gasteiger partial charge in [-0.3, -0.25) is 0 Å². The van der Waals surface area contributed by atoms with Gasteiger partial charge in [0.2, 0.25) is 0 Å². The number of benzene rings is 1. The lowest BCUT2D eigenvalue weighted by atomic mass is 9.60. The second-order valence-corrected chi connectivity index (χ2v) is 12.1. The molecule has 2 aliphatic heterocycles. The SMILES string of the molecule is COc1cc2c(NC3CC4(CCN(C)CC4)C3)cc(-c3ccc(C)o3)nc2cc1OCC1CCN(C)CC1. The lowest BCUT2D eigenvalue weighted by molar-refractivity contribution is 0.0328. The van der Waals surface area contributed by atoms with Crippen LogP contribution < -0.4 is 14.8 Å². The van der Waals surface area contributed by atoms with E-state index in [1.807, 2.05) is 25.1 Å². The van der Waals surface area contributed by atoms with Crippen molar-refractivity contribution in [2.45, 2.75) is 51.5 Å². The van der Waals surface area contributed by atoms with Crippen LogP contribution in [0.1, 0.15) is 44.3 Å². The first-order valence-corrected chi connectivity index (χ1v) is 14.3. The fraction of sp³-hybridized carbons (Fsp3) is 0.581. The molecule has 1 N–H and O–H groups in total. The molecule has 204 valence electrons. The number of piperidine rings is 2. The van der Waals surface area contributed by atoms with Gasteiger partial charge in [-0.05, 0) is 121 Å². The van der Waals surface area contributed by atoms with Gasteiger partial charge in [-0.15, -0.1) is 0 Å². The lowest BCUT2D eigenvalue weighted by Crippen LogP contribution is -2.50. The summed E-state index contributed by atoms with van der Waals surface area (Å²) in [6.07, 6.45) is 7.41. The molecule has 0 amide bonds. The van der Waals surface area contributed by atoms with Gasteiger partial charge in [-0.1, -0.05) is 0 Å². The average molecular weight is 519 g/mol. The average Bonchev–Trinajstić information content (AvgIpc) is 3.34. The number of methoxy groups -OCH3 is 1. The van der Waals surface area contributed by atoms with E-state index in [1.165, 1.54) is 51.6 Å². The number of likely N-dealkylation sites (tertiary alicyclic amines) is 2. The summed E-state index contributed by atoms with van der Waals surface area (Å²) >= 11 is 0. The van der Waals surface area contributed by atoms with Crippen LogP contribution in [0.3, 0.4) is 0 Å². The molecule has 0 radical (unpaired) electrons. The number of aryl methyl sites for hydroxylation is 1. The van der Waals surface area contributed by atoms with Crippen LogP contribution in [0.4, 0.5) is 5.69 Å². The predicted octanol–water partition coefficient (Wildman–Crippen LogP) is 5.82. The Morgan fingerprint density at radius 3 is 2.42 bits per heavy atom. The fourth-order valence-corrected chi connectivity index (χ4v) is 6.57. The summed E-state index contributed by atoms with van der Waals surface area (Å²) < 4.78 is 18.2. The first kappa shape index (κ1) is 25.5. The minimum absolute atomic E-state index is 0.474. The maximum atomic E-state index is 6.37. The summed E-state index contributed by atoms with van der Waals surface area (Å²) in [5.74, 6) is 3.77. The van der Waals surface area contributed by atoms with Crippen LogP contribution in [0.2, 0.25) is 0 Å². The third-order valence-corrected chi connectivity index (χ3v) is 9.17. The van der Waals surface area contributed by atoms with Gasteiger partial charge in [0.15, 0.2) is 17.3 Å². The molecule has 1 aromatic carbocycles. The second kappa shape index (κ2) is 10.4. The molecule has 1 saturated carbocycles. The van der Waals surface area contributed by atoms with E-state index in [9.17, 15) is 0 Å². The van der Waals surface area contributed by atoms with Gasteiger partial charge in [0, 0.05) is 23.2 Å². The molecular formula is C31H42N4O3. The molecule has 6 rings (SSSR count). The number of nitrogens with zero attached hydrogens (tertiary/aromatic N) is 3. The summed E-state index contributed by atoms with van der Waals surface area (Å²) in [5.41, 5.74) is 3.34. The standard InChI is InChI=1S/C31H42N4O3/c1-21-5-6-28(38-21)27-16-25(32-23-18-31(19-23)9-13-35(3)14-10-31)24-15-29(36-4)30(17-26(24)33-27)37-20-22-7-11-34(2)12-8-22/h5-6,15-17,22-23H,7-14,18-20H2,1-4H3,(H,32,33). The highest BCUT2D eigenvalue weighted by molar-refractivity contribution is 5.95. The smallest absolute Gasteiger partial charge is 0.163 e. The Morgan fingerprint density at radius 2 is 1.74 bits per heavy atom. The van der Waals surface area contributed by atoms with Gasteiger partial charge < -0.3 is 29.0 Å². The van der Waals surface area contributed by atoms with E-state index in [0.717, 1.165) is 58.4 Å². The monoisotopic (exact) mass is 518 g/mol. The number of furan rings is 1. The van der Waals surface area contributed by atoms with E-state index in [1.54, 1.807) is 7.11 Å². The van der Waals surface area contributed by atoms with Crippen molar-refractivity contribution >= 4 is 16.6 Å². The number of anilines is 1. The summed E-state index contributed by atoms with van der Waals surface area (Å²) in [4.78, 5) is 9.87. The third-order valence-electron chi connectivity index (χ3n) is 9.17. The second-order valence-electron chi connectivity index (χ2n) is 12.1. The topological polar surface area (TPSA) is 63.0 Å². The van der Waals surface area contributed by atoms with Crippen molar-refractivity contribution in [1.82, 2.24) is 14.8 Å². The zero-order valence-corrected chi connectivity index (χ0v) is 23.4. The normalized spacial score (nSPS) is 21.1. The molecule has 0 bridgehead atoms. The highest BCUT2D eigenvalue weighted by atomic mass is 16.5. The Morgan fingerprint density at radius 1 is 1.00 bits per heavy atom. The van der Waals surface area contributed by atoms with Crippen LogP contribution in [-0.4, -0.2) is 74.8 Å². The molecule has 3 aromatic rings. The van der Waals surface area contributed by atoms with Crippen LogP contribution in [0.5, 0.6) is 11.5 Å². The molecular weight excluding hydrogens is 476 g/mol. The molecule has 3 aliphatic rings. The number of rotatable bonds is 7. The molecule has 38 heavy (non-hydrogen) atoms. The van der Waals surface area contributed by atoms with Crippen LogP contribution in [-0.2, 0) is 0 Å². The number of fused-ring (bicyclic) bond motifs is 1. The Bertz CT molecular complexity index is 1260. The van der Waals surface area contributed by atoms with E-state index in [-0.39, 0.29) is 0 Å². The van der Waals surface area contributed by atoms with Crippen LogP contribution in [0, 0.1) is 18.3 Å². The highest BCUT2D eigenvalue weighted by Gasteiger charge is 2.45. The third kappa shape index (κ3) is 5.23. The minimum Gasteiger partial charge on any atom is -0.493 e. The van der Waals surface area contributed by atoms with E-state index >= 15 is 0 Å². The number of hydrogen-bond donors (Lipinski definition) is 1. The van der Waals surface area contributed by atoms with Crippen LogP contribution in [0.25, 0.3) is 22.4 Å². The zero-order valence-electron chi connectivity index (χ0n) is 23.4. The number of aromatic nitrogens is 1. The summed E-state index contributed by atoms with van der Waals surface area (Å²) in [7, 11) is 6.15. The maximum absolute atomic E-state index is 6.37. The quantitative estimate of drug-likeness (QED) is 0.423. The Balaban J connectivity index is 1.28. The molecule has 1 aliphatic carbocycles. The summed E-state index contributed by atoms with van der Waals surface area (Å²) in [5, 5.41) is 4.94. The summed E-state index contributed by atoms with van der Waals surface area (Å²) in [6.45, 7) is 7.36. The molecule has 0 atom stereocenters. The Kier molecular flexibility index (Phi) is 6.99. The lowest BCUT2D eigenvalue weighted by Gasteiger charge is -2.52. The van der Waals surface area contributed by atoms with Crippen molar-refractivity contribution in [3.05, 3.63) is 36.1 Å². The molecule has 1 spiro atoms. The van der Waals surface area contributed by atoms with E-state index in [0.29, 0.717) is 24.0 Å². The Hall–Kier alpha value is -2.77. The molecule has 4 heterocycles. The zero-order chi connectivity index (χ0) is 26.3. The first-order valence-electron chi connectivity index (χ1n) is 14.3. The number of ether oxygens (including phenoxy) is 2. The van der Waals surface area contributed by atoms with Crippen molar-refractivity contribution in [3.8, 4) is 23.0 Å². The van der Waals surface area contributed by atoms with Crippen molar-refractivity contribution < 1.29 is 13.9 Å². The van der Waals surface area contributed by atoms with E-state index in [2.05, 4.69) is 41.3 Å². The van der Waals surface area contributed by atoms with Gasteiger partial charge in [0.05, 0.1) is 19.2 Å².